The first kappa shape index (κ1) is 9.52. The minimum atomic E-state index is -0.0875. The predicted molar refractivity (Wildman–Crippen MR) is 46.8 cm³/mol. The van der Waals surface area contributed by atoms with E-state index in [2.05, 4.69) is 12.2 Å². The second kappa shape index (κ2) is 3.90. The smallest absolute Gasteiger partial charge is 0.308 e. The van der Waals surface area contributed by atoms with E-state index in [1.807, 2.05) is 6.92 Å². The van der Waals surface area contributed by atoms with Crippen molar-refractivity contribution < 1.29 is 9.53 Å². The Labute approximate surface area is 73.5 Å². The number of carbonyl (C=O) groups excluding carboxylic acids is 1. The molecule has 0 aliphatic carbocycles. The van der Waals surface area contributed by atoms with Crippen LogP contribution in [0.4, 0.5) is 0 Å². The molecule has 1 heterocycles. The van der Waals surface area contributed by atoms with Crippen molar-refractivity contribution in [3.63, 3.8) is 0 Å². The molecular weight excluding hydrogens is 154 g/mol. The Kier molecular flexibility index (Phi) is 3.09. The number of hydrogen-bond donors (Lipinski definition) is 1. The lowest BCUT2D eigenvalue weighted by Crippen LogP contribution is -2.31. The van der Waals surface area contributed by atoms with Gasteiger partial charge in [-0.3, -0.25) is 4.79 Å². The van der Waals surface area contributed by atoms with Gasteiger partial charge in [0, 0.05) is 6.04 Å². The van der Waals surface area contributed by atoms with Gasteiger partial charge >= 0.3 is 5.97 Å². The minimum Gasteiger partial charge on any atom is -0.469 e. The highest BCUT2D eigenvalue weighted by Gasteiger charge is 2.32. The monoisotopic (exact) mass is 171 g/mol. The highest BCUT2D eigenvalue weighted by Crippen LogP contribution is 2.24. The topological polar surface area (TPSA) is 38.3 Å². The molecule has 3 heteroatoms. The van der Waals surface area contributed by atoms with Gasteiger partial charge in [0.05, 0.1) is 13.0 Å². The molecule has 12 heavy (non-hydrogen) atoms. The Morgan fingerprint density at radius 2 is 2.33 bits per heavy atom. The largest absolute Gasteiger partial charge is 0.469 e. The maximum absolute atomic E-state index is 11.2. The second-order valence-electron chi connectivity index (χ2n) is 3.51. The number of ether oxygens (including phenoxy) is 1. The van der Waals surface area contributed by atoms with Crippen LogP contribution in [0.15, 0.2) is 0 Å². The van der Waals surface area contributed by atoms with E-state index in [9.17, 15) is 4.79 Å². The van der Waals surface area contributed by atoms with E-state index in [0.29, 0.717) is 12.0 Å². The van der Waals surface area contributed by atoms with Crippen LogP contribution in [0.2, 0.25) is 0 Å². The van der Waals surface area contributed by atoms with Gasteiger partial charge in [0.1, 0.15) is 0 Å². The molecule has 1 aliphatic rings. The van der Waals surface area contributed by atoms with Crippen molar-refractivity contribution in [2.45, 2.75) is 26.3 Å². The summed E-state index contributed by atoms with van der Waals surface area (Å²) in [4.78, 5) is 11.2. The van der Waals surface area contributed by atoms with Crippen LogP contribution in [0.3, 0.4) is 0 Å². The molecule has 1 aliphatic heterocycles. The number of esters is 1. The molecule has 3 unspecified atom stereocenters. The first-order valence-corrected chi connectivity index (χ1v) is 4.48. The number of methoxy groups -OCH3 is 1. The van der Waals surface area contributed by atoms with Crippen LogP contribution in [-0.4, -0.2) is 25.7 Å². The van der Waals surface area contributed by atoms with Gasteiger partial charge in [0.15, 0.2) is 0 Å². The third-order valence-electron chi connectivity index (χ3n) is 2.80. The van der Waals surface area contributed by atoms with E-state index in [0.717, 1.165) is 13.0 Å². The lowest BCUT2D eigenvalue weighted by atomic mass is 9.88. The van der Waals surface area contributed by atoms with Crippen molar-refractivity contribution >= 4 is 5.97 Å². The highest BCUT2D eigenvalue weighted by molar-refractivity contribution is 5.72. The molecule has 0 bridgehead atoms. The zero-order valence-corrected chi connectivity index (χ0v) is 7.96. The number of rotatable bonds is 2. The summed E-state index contributed by atoms with van der Waals surface area (Å²) in [6, 6.07) is 0.444. The molecule has 1 N–H and O–H groups in total. The molecule has 0 spiro atoms. The third kappa shape index (κ3) is 1.78. The fraction of sp³-hybridized carbons (Fsp3) is 0.889. The van der Waals surface area contributed by atoms with Crippen LogP contribution in [-0.2, 0) is 9.53 Å². The quantitative estimate of drug-likeness (QED) is 0.624. The molecule has 1 rings (SSSR count). The van der Waals surface area contributed by atoms with Gasteiger partial charge in [-0.1, -0.05) is 6.92 Å². The first-order valence-electron chi connectivity index (χ1n) is 4.48. The summed E-state index contributed by atoms with van der Waals surface area (Å²) in [5.41, 5.74) is 0. The van der Waals surface area contributed by atoms with Crippen molar-refractivity contribution in [2.24, 2.45) is 11.8 Å². The first-order chi connectivity index (χ1) is 5.66. The van der Waals surface area contributed by atoms with Crippen LogP contribution < -0.4 is 5.32 Å². The van der Waals surface area contributed by atoms with Gasteiger partial charge in [-0.2, -0.15) is 0 Å². The van der Waals surface area contributed by atoms with E-state index in [4.69, 9.17) is 4.74 Å². The lowest BCUT2D eigenvalue weighted by Gasteiger charge is -2.20. The van der Waals surface area contributed by atoms with Gasteiger partial charge < -0.3 is 10.1 Å². The predicted octanol–water partition coefficient (Wildman–Crippen LogP) is 0.793. The fourth-order valence-electron chi connectivity index (χ4n) is 1.92. The van der Waals surface area contributed by atoms with E-state index >= 15 is 0 Å². The van der Waals surface area contributed by atoms with Crippen LogP contribution >= 0.6 is 0 Å². The molecule has 0 aromatic carbocycles. The Morgan fingerprint density at radius 1 is 1.67 bits per heavy atom. The van der Waals surface area contributed by atoms with Gasteiger partial charge in [-0.15, -0.1) is 0 Å². The SMILES string of the molecule is COC(=O)C(C)C1CCNC1C. The van der Waals surface area contributed by atoms with Gasteiger partial charge in [0.2, 0.25) is 0 Å². The second-order valence-corrected chi connectivity index (χ2v) is 3.51. The van der Waals surface area contributed by atoms with E-state index < -0.39 is 0 Å². The molecule has 3 atom stereocenters. The molecular formula is C9H17NO2. The molecule has 0 aromatic heterocycles. The molecule has 0 aromatic rings. The van der Waals surface area contributed by atoms with E-state index in [-0.39, 0.29) is 11.9 Å². The minimum absolute atomic E-state index is 0.0278. The Bertz CT molecular complexity index is 170. The maximum Gasteiger partial charge on any atom is 0.308 e. The van der Waals surface area contributed by atoms with Crippen LogP contribution in [0, 0.1) is 11.8 Å². The summed E-state index contributed by atoms with van der Waals surface area (Å²) in [5, 5.41) is 3.32. The lowest BCUT2D eigenvalue weighted by molar-refractivity contribution is -0.146. The average Bonchev–Trinajstić information content (AvgIpc) is 2.48. The van der Waals surface area contributed by atoms with Crippen LogP contribution in [0.1, 0.15) is 20.3 Å². The summed E-state index contributed by atoms with van der Waals surface area (Å²) >= 11 is 0. The maximum atomic E-state index is 11.2. The van der Waals surface area contributed by atoms with Crippen molar-refractivity contribution in [3.8, 4) is 0 Å². The molecule has 3 nitrogen and oxygen atoms in total. The summed E-state index contributed by atoms with van der Waals surface area (Å²) in [5.74, 6) is 0.382. The Hall–Kier alpha value is -0.570. The zero-order valence-electron chi connectivity index (χ0n) is 7.96. The number of nitrogens with one attached hydrogen (secondary N) is 1. The standard InChI is InChI=1S/C9H17NO2/c1-6(9(11)12-3)8-4-5-10-7(8)2/h6-8,10H,4-5H2,1-3H3. The normalized spacial score (nSPS) is 31.6. The summed E-state index contributed by atoms with van der Waals surface area (Å²) in [6.45, 7) is 5.09. The third-order valence-corrected chi connectivity index (χ3v) is 2.80. The van der Waals surface area contributed by atoms with Gasteiger partial charge in [-0.05, 0) is 25.8 Å². The summed E-state index contributed by atoms with van der Waals surface area (Å²) < 4.78 is 4.71. The van der Waals surface area contributed by atoms with Gasteiger partial charge in [0.25, 0.3) is 0 Å². The van der Waals surface area contributed by atoms with Crippen molar-refractivity contribution in [1.82, 2.24) is 5.32 Å². The zero-order chi connectivity index (χ0) is 9.14. The van der Waals surface area contributed by atoms with E-state index in [1.165, 1.54) is 7.11 Å². The average molecular weight is 171 g/mol. The molecule has 1 fully saturated rings. The van der Waals surface area contributed by atoms with Crippen LogP contribution in [0.25, 0.3) is 0 Å². The van der Waals surface area contributed by atoms with Crippen molar-refractivity contribution in [1.29, 1.82) is 0 Å². The molecule has 70 valence electrons. The van der Waals surface area contributed by atoms with E-state index in [1.54, 1.807) is 0 Å². The van der Waals surface area contributed by atoms with Crippen molar-refractivity contribution in [2.75, 3.05) is 13.7 Å². The Balaban J connectivity index is 2.51. The Morgan fingerprint density at radius 3 is 2.75 bits per heavy atom. The number of hydrogen-bond acceptors (Lipinski definition) is 3. The van der Waals surface area contributed by atoms with Gasteiger partial charge in [-0.25, -0.2) is 0 Å². The molecule has 1 saturated heterocycles. The fourth-order valence-corrected chi connectivity index (χ4v) is 1.92. The summed E-state index contributed by atoms with van der Waals surface area (Å²) in [6.07, 6.45) is 1.08. The molecule has 0 saturated carbocycles. The van der Waals surface area contributed by atoms with Crippen molar-refractivity contribution in [3.05, 3.63) is 0 Å². The molecule has 0 amide bonds. The molecule has 0 radical (unpaired) electrons. The highest BCUT2D eigenvalue weighted by atomic mass is 16.5. The van der Waals surface area contributed by atoms with Crippen LogP contribution in [0.5, 0.6) is 0 Å². The summed E-state index contributed by atoms with van der Waals surface area (Å²) in [7, 11) is 1.45. The number of carbonyl (C=O) groups is 1.